The van der Waals surface area contributed by atoms with Gasteiger partial charge in [0.2, 0.25) is 0 Å². The molecule has 0 fully saturated rings. The summed E-state index contributed by atoms with van der Waals surface area (Å²) in [7, 11) is 0. The number of rotatable bonds is 0. The van der Waals surface area contributed by atoms with E-state index in [1.54, 1.807) is 41.5 Å². The van der Waals surface area contributed by atoms with Gasteiger partial charge in [0.15, 0.2) is 0 Å². The van der Waals surface area contributed by atoms with Crippen LogP contribution in [0, 0.1) is 0 Å². The summed E-state index contributed by atoms with van der Waals surface area (Å²) in [4.78, 5) is 63.0. The van der Waals surface area contributed by atoms with Gasteiger partial charge in [0.05, 0.1) is 0 Å². The van der Waals surface area contributed by atoms with E-state index in [-0.39, 0.29) is 68.6 Å². The zero-order valence-electron chi connectivity index (χ0n) is 73.3. The summed E-state index contributed by atoms with van der Waals surface area (Å²) in [5.41, 5.74) is -2.70. The standard InChI is InChI=1S/C10H18O5.4C6H12O2.20C2H6.3CH4/c1-9(2,3)14-7(11)13-8(12)15-10(4,5)6;4*1-5(7)8-6(2,3)4;20*1-2;;;/h1-6H3;4*1-4H3;20*1-2H3;3*1H4. The number of hydrogen-bond acceptors (Lipinski definition) is 13. The average molecular weight is 1330 g/mol. The van der Waals surface area contributed by atoms with Crippen LogP contribution in [-0.4, -0.2) is 69.8 Å². The van der Waals surface area contributed by atoms with Crippen LogP contribution in [0.25, 0.3) is 0 Å². The van der Waals surface area contributed by atoms with Crippen molar-refractivity contribution in [2.75, 3.05) is 0 Å². The molecule has 0 unspecified atom stereocenters. The van der Waals surface area contributed by atoms with Crippen LogP contribution < -0.4 is 0 Å². The van der Waals surface area contributed by atoms with Gasteiger partial charge in [0.25, 0.3) is 0 Å². The maximum Gasteiger partial charge on any atom is 0.519 e. The van der Waals surface area contributed by atoms with E-state index < -0.39 is 23.5 Å². The average Bonchev–Trinajstić information content (AvgIpc) is 3.46. The molecule has 0 heterocycles. The molecule has 0 aromatic heterocycles. The van der Waals surface area contributed by atoms with Crippen LogP contribution in [0.1, 0.15) is 452 Å². The summed E-state index contributed by atoms with van der Waals surface area (Å²) in [5.74, 6) is -0.898. The minimum Gasteiger partial charge on any atom is -0.460 e. The van der Waals surface area contributed by atoms with Gasteiger partial charge >= 0.3 is 36.2 Å². The minimum absolute atomic E-state index is 0. The smallest absolute Gasteiger partial charge is 0.460 e. The maximum atomic E-state index is 11.0. The molecule has 0 aliphatic rings. The van der Waals surface area contributed by atoms with E-state index in [9.17, 15) is 28.8 Å². The fourth-order valence-electron chi connectivity index (χ4n) is 2.33. The lowest BCUT2D eigenvalue weighted by molar-refractivity contribution is -0.153. The van der Waals surface area contributed by atoms with E-state index in [0.717, 1.165) is 0 Å². The maximum absolute atomic E-state index is 11.0. The zero-order valence-corrected chi connectivity index (χ0v) is 73.3. The Kier molecular flexibility index (Phi) is 379. The molecule has 13 heteroatoms. The third-order valence-electron chi connectivity index (χ3n) is 2.75. The van der Waals surface area contributed by atoms with E-state index in [1.165, 1.54) is 27.7 Å². The van der Waals surface area contributed by atoms with Gasteiger partial charge in [-0.1, -0.05) is 299 Å². The number of ether oxygens (including phenoxy) is 7. The SMILES string of the molecule is C.C.C.CC.CC.CC.CC.CC.CC.CC.CC.CC.CC.CC.CC.CC.CC.CC.CC.CC.CC.CC.CC.CC(=O)OC(C)(C)C.CC(=O)OC(C)(C)C.CC(=O)OC(C)(C)C.CC(=O)OC(C)(C)C.CC(C)(C)OC(=O)OC(=O)OC(C)(C)C. The Balaban J connectivity index is -0.0000000180. The van der Waals surface area contributed by atoms with Gasteiger partial charge in [-0.3, -0.25) is 19.2 Å². The second kappa shape index (κ2) is 185. The molecule has 0 radical (unpaired) electrons. The summed E-state index contributed by atoms with van der Waals surface area (Å²) >= 11 is 0. The van der Waals surface area contributed by atoms with Crippen LogP contribution in [0.4, 0.5) is 9.59 Å². The fraction of sp³-hybridized carbons (Fsp3) is 0.922. The van der Waals surface area contributed by atoms with Crippen molar-refractivity contribution in [1.29, 1.82) is 0 Å². The van der Waals surface area contributed by atoms with Gasteiger partial charge in [-0.2, -0.15) is 0 Å². The van der Waals surface area contributed by atoms with Crippen molar-refractivity contribution in [2.24, 2.45) is 0 Å². The third kappa shape index (κ3) is 631. The highest BCUT2D eigenvalue weighted by atomic mass is 16.8. The quantitative estimate of drug-likeness (QED) is 0.128. The molecule has 0 aromatic rings. The molecule has 0 saturated carbocycles. The second-order valence-electron chi connectivity index (χ2n) is 15.9. The Hall–Kier alpha value is -3.38. The second-order valence-corrected chi connectivity index (χ2v) is 15.9. The van der Waals surface area contributed by atoms with Gasteiger partial charge < -0.3 is 33.2 Å². The summed E-state index contributed by atoms with van der Waals surface area (Å²) in [6.07, 6.45) is -2.12. The number of hydrogen-bond donors (Lipinski definition) is 0. The highest BCUT2D eigenvalue weighted by Gasteiger charge is 2.24. The Bertz CT molecular complexity index is 839. The molecule has 0 aromatic carbocycles. The molecule has 0 aliphatic heterocycles. The van der Waals surface area contributed by atoms with Crippen LogP contribution in [0.15, 0.2) is 0 Å². The number of carbonyl (C=O) groups excluding carboxylic acids is 6. The Morgan fingerprint density at radius 3 is 0.267 bits per heavy atom. The first-order valence-electron chi connectivity index (χ1n) is 35.1. The summed E-state index contributed by atoms with van der Waals surface area (Å²) in [6.45, 7) is 118. The van der Waals surface area contributed by atoms with E-state index >= 15 is 0 Å². The molecule has 0 saturated heterocycles. The topological polar surface area (TPSA) is 167 Å². The lowest BCUT2D eigenvalue weighted by Gasteiger charge is -2.20. The van der Waals surface area contributed by atoms with Crippen molar-refractivity contribution in [3.63, 3.8) is 0 Å². The van der Waals surface area contributed by atoms with Crippen LogP contribution in [0.5, 0.6) is 0 Å². The molecular weight excluding hydrogens is 1130 g/mol. The molecule has 13 nitrogen and oxygen atoms in total. The molecule has 0 spiro atoms. The first-order chi connectivity index (χ1) is 40.2. The van der Waals surface area contributed by atoms with Crippen molar-refractivity contribution >= 4 is 36.2 Å². The molecule has 584 valence electrons. The highest BCUT2D eigenvalue weighted by molar-refractivity contribution is 5.77. The van der Waals surface area contributed by atoms with Crippen molar-refractivity contribution in [3.8, 4) is 0 Å². The van der Waals surface area contributed by atoms with Crippen LogP contribution in [0.2, 0.25) is 0 Å². The predicted octanol–water partition coefficient (Wildman–Crippen LogP) is 30.7. The summed E-state index contributed by atoms with van der Waals surface area (Å²) in [6, 6.07) is 0. The van der Waals surface area contributed by atoms with E-state index in [2.05, 4.69) is 4.74 Å². The molecule has 90 heavy (non-hydrogen) atoms. The van der Waals surface area contributed by atoms with Crippen LogP contribution in [0.3, 0.4) is 0 Å². The third-order valence-corrected chi connectivity index (χ3v) is 2.75. The van der Waals surface area contributed by atoms with Gasteiger partial charge in [0, 0.05) is 27.7 Å². The lowest BCUT2D eigenvalue weighted by atomic mass is 10.2. The molecule has 0 rings (SSSR count). The molecular formula is C77H198O13. The van der Waals surface area contributed by atoms with E-state index in [0.29, 0.717) is 0 Å². The monoisotopic (exact) mass is 1330 g/mol. The zero-order chi connectivity index (χ0) is 79.4. The Labute approximate surface area is 580 Å². The van der Waals surface area contributed by atoms with Gasteiger partial charge in [-0.05, 0) is 125 Å². The first kappa shape index (κ1) is 185. The minimum atomic E-state index is -1.06. The van der Waals surface area contributed by atoms with Crippen molar-refractivity contribution < 1.29 is 61.9 Å². The highest BCUT2D eigenvalue weighted by Crippen LogP contribution is 2.12. The fourth-order valence-corrected chi connectivity index (χ4v) is 2.33. The van der Waals surface area contributed by atoms with Gasteiger partial charge in [-0.25, -0.2) is 9.59 Å². The summed E-state index contributed by atoms with van der Waals surface area (Å²) in [5, 5.41) is 0. The van der Waals surface area contributed by atoms with Crippen molar-refractivity contribution in [1.82, 2.24) is 0 Å². The molecule has 0 atom stereocenters. The predicted molar refractivity (Wildman–Crippen MR) is 427 cm³/mol. The van der Waals surface area contributed by atoms with Crippen LogP contribution in [-0.2, 0) is 52.3 Å². The van der Waals surface area contributed by atoms with Gasteiger partial charge in [-0.15, -0.1) is 0 Å². The van der Waals surface area contributed by atoms with E-state index in [1.807, 2.05) is 360 Å². The Morgan fingerprint density at radius 1 is 0.167 bits per heavy atom. The Morgan fingerprint density at radius 2 is 0.233 bits per heavy atom. The molecule has 0 N–H and O–H groups in total. The molecule has 0 aliphatic carbocycles. The largest absolute Gasteiger partial charge is 0.519 e. The van der Waals surface area contributed by atoms with Crippen molar-refractivity contribution in [2.45, 2.75) is 485 Å². The van der Waals surface area contributed by atoms with E-state index in [4.69, 9.17) is 28.4 Å². The van der Waals surface area contributed by atoms with Crippen molar-refractivity contribution in [3.05, 3.63) is 0 Å². The molecule has 0 amide bonds. The lowest BCUT2D eigenvalue weighted by Crippen LogP contribution is -2.29. The first-order valence-corrected chi connectivity index (χ1v) is 35.1. The normalized spacial score (nSPS) is 7.22. The molecule has 0 bridgehead atoms. The number of esters is 4. The van der Waals surface area contributed by atoms with Gasteiger partial charge in [0.1, 0.15) is 33.6 Å². The number of carbonyl (C=O) groups is 6. The van der Waals surface area contributed by atoms with Crippen LogP contribution >= 0.6 is 0 Å². The summed E-state index contributed by atoms with van der Waals surface area (Å²) < 4.78 is 33.0.